The molecule has 1 aliphatic rings. The highest BCUT2D eigenvalue weighted by atomic mass is 32.2. The molecule has 25 heavy (non-hydrogen) atoms. The fraction of sp³-hybridized carbons (Fsp3) is 0.316. The third kappa shape index (κ3) is 3.69. The third-order valence-electron chi connectivity index (χ3n) is 4.26. The molecule has 5 nitrogen and oxygen atoms in total. The van der Waals surface area contributed by atoms with E-state index in [4.69, 9.17) is 0 Å². The van der Waals surface area contributed by atoms with Gasteiger partial charge in [0.05, 0.1) is 4.90 Å². The second-order valence-corrected chi connectivity index (χ2v) is 8.19. The van der Waals surface area contributed by atoms with E-state index in [2.05, 4.69) is 4.72 Å². The van der Waals surface area contributed by atoms with E-state index in [1.807, 2.05) is 26.0 Å². The average Bonchev–Trinajstić information content (AvgIpc) is 2.60. The molecule has 3 rings (SSSR count). The molecule has 1 heterocycles. The number of hydrogen-bond acceptors (Lipinski definition) is 3. The molecule has 0 saturated heterocycles. The Hall–Kier alpha value is -2.34. The van der Waals surface area contributed by atoms with Crippen molar-refractivity contribution in [2.24, 2.45) is 5.92 Å². The molecule has 0 saturated carbocycles. The Morgan fingerprint density at radius 1 is 1.12 bits per heavy atom. The second-order valence-electron chi connectivity index (χ2n) is 6.51. The number of rotatable bonds is 4. The Balaban J connectivity index is 1.88. The van der Waals surface area contributed by atoms with Crippen LogP contribution in [0, 0.1) is 5.92 Å². The van der Waals surface area contributed by atoms with Crippen LogP contribution in [0.25, 0.3) is 0 Å². The van der Waals surface area contributed by atoms with Gasteiger partial charge in [0.15, 0.2) is 0 Å². The molecule has 0 aromatic heterocycles. The van der Waals surface area contributed by atoms with Crippen LogP contribution in [0.5, 0.6) is 0 Å². The molecule has 1 aliphatic heterocycles. The van der Waals surface area contributed by atoms with Gasteiger partial charge in [-0.2, -0.15) is 0 Å². The summed E-state index contributed by atoms with van der Waals surface area (Å²) in [5, 5.41) is 0. The first kappa shape index (κ1) is 17.5. The summed E-state index contributed by atoms with van der Waals surface area (Å²) in [6, 6.07) is 13.7. The van der Waals surface area contributed by atoms with Crippen LogP contribution in [-0.2, 0) is 21.2 Å². The second kappa shape index (κ2) is 6.88. The van der Waals surface area contributed by atoms with Gasteiger partial charge in [-0.15, -0.1) is 0 Å². The van der Waals surface area contributed by atoms with E-state index < -0.39 is 10.0 Å². The van der Waals surface area contributed by atoms with Gasteiger partial charge >= 0.3 is 0 Å². The minimum Gasteiger partial charge on any atom is -0.312 e. The van der Waals surface area contributed by atoms with Crippen molar-refractivity contribution >= 4 is 27.3 Å². The van der Waals surface area contributed by atoms with Crippen molar-refractivity contribution in [1.29, 1.82) is 0 Å². The van der Waals surface area contributed by atoms with E-state index in [0.29, 0.717) is 12.2 Å². The van der Waals surface area contributed by atoms with Gasteiger partial charge in [-0.25, -0.2) is 8.42 Å². The van der Waals surface area contributed by atoms with Gasteiger partial charge in [0, 0.05) is 23.8 Å². The van der Waals surface area contributed by atoms with E-state index in [1.54, 1.807) is 41.3 Å². The smallest absolute Gasteiger partial charge is 0.261 e. The van der Waals surface area contributed by atoms with Gasteiger partial charge in [-0.05, 0) is 48.7 Å². The van der Waals surface area contributed by atoms with E-state index in [0.717, 1.165) is 24.1 Å². The Morgan fingerprint density at radius 3 is 2.52 bits per heavy atom. The first-order valence-electron chi connectivity index (χ1n) is 8.40. The van der Waals surface area contributed by atoms with Gasteiger partial charge in [0.1, 0.15) is 0 Å². The zero-order valence-corrected chi connectivity index (χ0v) is 15.2. The van der Waals surface area contributed by atoms with E-state index in [9.17, 15) is 13.2 Å². The van der Waals surface area contributed by atoms with Crippen molar-refractivity contribution in [3.05, 3.63) is 54.1 Å². The van der Waals surface area contributed by atoms with Crippen LogP contribution in [0.3, 0.4) is 0 Å². The normalized spacial score (nSPS) is 14.3. The molecule has 0 unspecified atom stereocenters. The van der Waals surface area contributed by atoms with E-state index in [-0.39, 0.29) is 16.7 Å². The van der Waals surface area contributed by atoms with Crippen LogP contribution in [0.1, 0.15) is 25.8 Å². The molecule has 0 aliphatic carbocycles. The standard InChI is InChI=1S/C19H22N2O3S/c1-14(2)19(22)21-12-6-7-15-13-16(10-11-18(15)21)20-25(23,24)17-8-4-3-5-9-17/h3-5,8-11,13-14,20H,6-7,12H2,1-2H3. The van der Waals surface area contributed by atoms with Crippen molar-refractivity contribution in [2.75, 3.05) is 16.2 Å². The molecule has 0 fully saturated rings. The maximum Gasteiger partial charge on any atom is 0.261 e. The Bertz CT molecular complexity index is 877. The number of nitrogens with one attached hydrogen (secondary N) is 1. The van der Waals surface area contributed by atoms with Gasteiger partial charge < -0.3 is 4.90 Å². The molecule has 6 heteroatoms. The lowest BCUT2D eigenvalue weighted by Crippen LogP contribution is -2.38. The highest BCUT2D eigenvalue weighted by Gasteiger charge is 2.25. The molecule has 132 valence electrons. The summed E-state index contributed by atoms with van der Waals surface area (Å²) in [6.07, 6.45) is 1.71. The molecule has 0 bridgehead atoms. The lowest BCUT2D eigenvalue weighted by Gasteiger charge is -2.31. The summed E-state index contributed by atoms with van der Waals surface area (Å²) < 4.78 is 27.5. The number of anilines is 2. The van der Waals surface area contributed by atoms with E-state index in [1.165, 1.54) is 0 Å². The van der Waals surface area contributed by atoms with Crippen molar-refractivity contribution in [1.82, 2.24) is 0 Å². The predicted molar refractivity (Wildman–Crippen MR) is 99.2 cm³/mol. The average molecular weight is 358 g/mol. The quantitative estimate of drug-likeness (QED) is 0.911. The molecule has 1 N–H and O–H groups in total. The van der Waals surface area contributed by atoms with Crippen molar-refractivity contribution in [3.8, 4) is 0 Å². The number of hydrogen-bond donors (Lipinski definition) is 1. The van der Waals surface area contributed by atoms with Gasteiger partial charge in [0.25, 0.3) is 10.0 Å². The largest absolute Gasteiger partial charge is 0.312 e. The molecule has 1 amide bonds. The first-order valence-corrected chi connectivity index (χ1v) is 9.89. The maximum absolute atomic E-state index is 12.5. The van der Waals surface area contributed by atoms with Crippen LogP contribution in [0.15, 0.2) is 53.4 Å². The van der Waals surface area contributed by atoms with Crippen molar-refractivity contribution < 1.29 is 13.2 Å². The molecule has 0 spiro atoms. The van der Waals surface area contributed by atoms with Gasteiger partial charge in [-0.3, -0.25) is 9.52 Å². The number of carbonyl (C=O) groups excluding carboxylic acids is 1. The minimum absolute atomic E-state index is 0.0674. The van der Waals surface area contributed by atoms with Gasteiger partial charge in [-0.1, -0.05) is 32.0 Å². The number of amides is 1. The van der Waals surface area contributed by atoms with Crippen LogP contribution in [0.4, 0.5) is 11.4 Å². The van der Waals surface area contributed by atoms with Crippen molar-refractivity contribution in [3.63, 3.8) is 0 Å². The number of nitrogens with zero attached hydrogens (tertiary/aromatic N) is 1. The highest BCUT2D eigenvalue weighted by molar-refractivity contribution is 7.92. The summed E-state index contributed by atoms with van der Waals surface area (Å²) >= 11 is 0. The Labute approximate surface area is 148 Å². The minimum atomic E-state index is -3.61. The third-order valence-corrected chi connectivity index (χ3v) is 5.66. The van der Waals surface area contributed by atoms with E-state index >= 15 is 0 Å². The fourth-order valence-corrected chi connectivity index (χ4v) is 4.09. The van der Waals surface area contributed by atoms with Crippen LogP contribution in [0.2, 0.25) is 0 Å². The number of fused-ring (bicyclic) bond motifs is 1. The fourth-order valence-electron chi connectivity index (χ4n) is 3.01. The molecule has 0 atom stereocenters. The van der Waals surface area contributed by atoms with Gasteiger partial charge in [0.2, 0.25) is 5.91 Å². The summed E-state index contributed by atoms with van der Waals surface area (Å²) in [4.78, 5) is 14.4. The Kier molecular flexibility index (Phi) is 4.81. The zero-order chi connectivity index (χ0) is 18.0. The highest BCUT2D eigenvalue weighted by Crippen LogP contribution is 2.31. The monoisotopic (exact) mass is 358 g/mol. The number of carbonyl (C=O) groups is 1. The summed E-state index contributed by atoms with van der Waals surface area (Å²) in [5.74, 6) is 0.0285. The molecular formula is C19H22N2O3S. The SMILES string of the molecule is CC(C)C(=O)N1CCCc2cc(NS(=O)(=O)c3ccccc3)ccc21. The topological polar surface area (TPSA) is 66.5 Å². The lowest BCUT2D eigenvalue weighted by atomic mass is 9.99. The molecule has 2 aromatic rings. The van der Waals surface area contributed by atoms with Crippen LogP contribution < -0.4 is 9.62 Å². The summed E-state index contributed by atoms with van der Waals surface area (Å²) in [7, 11) is -3.61. The molecular weight excluding hydrogens is 336 g/mol. The zero-order valence-electron chi connectivity index (χ0n) is 14.4. The first-order chi connectivity index (χ1) is 11.9. The maximum atomic E-state index is 12.5. The van der Waals surface area contributed by atoms with Crippen LogP contribution in [-0.4, -0.2) is 20.9 Å². The number of benzene rings is 2. The predicted octanol–water partition coefficient (Wildman–Crippen LogP) is 3.42. The molecule has 2 aromatic carbocycles. The number of sulfonamides is 1. The summed E-state index contributed by atoms with van der Waals surface area (Å²) in [6.45, 7) is 4.48. The number of aryl methyl sites for hydroxylation is 1. The van der Waals surface area contributed by atoms with Crippen molar-refractivity contribution in [2.45, 2.75) is 31.6 Å². The summed E-state index contributed by atoms with van der Waals surface area (Å²) in [5.41, 5.74) is 2.39. The lowest BCUT2D eigenvalue weighted by molar-refractivity contribution is -0.121. The molecule has 0 radical (unpaired) electrons. The Morgan fingerprint density at radius 2 is 1.84 bits per heavy atom. The van der Waals surface area contributed by atoms with Crippen LogP contribution >= 0.6 is 0 Å².